The van der Waals surface area contributed by atoms with Gasteiger partial charge in [-0.3, -0.25) is 4.79 Å². The van der Waals surface area contributed by atoms with Crippen molar-refractivity contribution in [3.8, 4) is 0 Å². The number of thiazole rings is 1. The molecule has 0 radical (unpaired) electrons. The summed E-state index contributed by atoms with van der Waals surface area (Å²) in [5.74, 6) is -1.77. The van der Waals surface area contributed by atoms with Crippen molar-refractivity contribution in [2.45, 2.75) is 31.9 Å². The number of carbonyl (C=O) groups is 1. The van der Waals surface area contributed by atoms with Crippen LogP contribution in [0.5, 0.6) is 0 Å². The molecule has 3 rings (SSSR count). The summed E-state index contributed by atoms with van der Waals surface area (Å²) < 4.78 is 38.1. The van der Waals surface area contributed by atoms with Gasteiger partial charge in [-0.05, 0) is 30.3 Å². The molecule has 2 unspecified atom stereocenters. The minimum atomic E-state index is -4.78. The first-order valence-electron chi connectivity index (χ1n) is 6.25. The van der Waals surface area contributed by atoms with Gasteiger partial charge in [0.15, 0.2) is 0 Å². The molecule has 1 heterocycles. The van der Waals surface area contributed by atoms with E-state index in [0.29, 0.717) is 17.0 Å². The maximum Gasteiger partial charge on any atom is 0.454 e. The predicted octanol–water partition coefficient (Wildman–Crippen LogP) is 3.85. The first-order valence-corrected chi connectivity index (χ1v) is 7.13. The third-order valence-electron chi connectivity index (χ3n) is 3.96. The lowest BCUT2D eigenvalue weighted by Gasteiger charge is -2.44. The van der Waals surface area contributed by atoms with Crippen molar-refractivity contribution in [3.63, 3.8) is 0 Å². The van der Waals surface area contributed by atoms with E-state index in [1.807, 2.05) is 0 Å². The summed E-state index contributed by atoms with van der Waals surface area (Å²) in [5.41, 5.74) is 0.536. The monoisotopic (exact) mass is 287 g/mol. The molecule has 0 saturated heterocycles. The Kier molecular flexibility index (Phi) is 3.00. The van der Waals surface area contributed by atoms with E-state index in [0.717, 1.165) is 19.3 Å². The van der Waals surface area contributed by atoms with Crippen LogP contribution in [0, 0.1) is 11.8 Å². The quantitative estimate of drug-likeness (QED) is 0.827. The molecule has 1 aromatic rings. The van der Waals surface area contributed by atoms with Crippen molar-refractivity contribution >= 4 is 22.7 Å². The van der Waals surface area contributed by atoms with Gasteiger partial charge in [-0.25, -0.2) is 4.98 Å². The number of fused-ring (bicyclic) bond motifs is 1. The molecule has 0 spiro atoms. The van der Waals surface area contributed by atoms with Crippen molar-refractivity contribution in [2.75, 3.05) is 0 Å². The number of rotatable bonds is 2. The van der Waals surface area contributed by atoms with Crippen LogP contribution in [0.3, 0.4) is 0 Å². The number of nitrogens with zero attached hydrogens (tertiary/aromatic N) is 1. The molecule has 6 heteroatoms. The highest BCUT2D eigenvalue weighted by Crippen LogP contribution is 2.55. The van der Waals surface area contributed by atoms with E-state index in [9.17, 15) is 18.0 Å². The fourth-order valence-electron chi connectivity index (χ4n) is 3.20. The normalized spacial score (nSPS) is 26.9. The van der Waals surface area contributed by atoms with Gasteiger partial charge < -0.3 is 0 Å². The highest BCUT2D eigenvalue weighted by atomic mass is 32.1. The zero-order valence-electron chi connectivity index (χ0n) is 10.0. The van der Waals surface area contributed by atoms with E-state index in [2.05, 4.69) is 4.98 Å². The summed E-state index contributed by atoms with van der Waals surface area (Å²) >= 11 is 1.31. The Labute approximate surface area is 112 Å². The van der Waals surface area contributed by atoms with Gasteiger partial charge in [-0.2, -0.15) is 13.2 Å². The fraction of sp³-hybridized carbons (Fsp3) is 0.538. The molecule has 1 saturated carbocycles. The van der Waals surface area contributed by atoms with Gasteiger partial charge in [0.2, 0.25) is 0 Å². The Bertz CT molecular complexity index is 533. The molecular formula is C13H12F3NOS. The Hall–Kier alpha value is -1.17. The van der Waals surface area contributed by atoms with Crippen LogP contribution in [-0.4, -0.2) is 16.9 Å². The summed E-state index contributed by atoms with van der Waals surface area (Å²) in [6.45, 7) is 0. The smallest absolute Gasteiger partial charge is 0.284 e. The van der Waals surface area contributed by atoms with E-state index in [4.69, 9.17) is 0 Å². The highest BCUT2D eigenvalue weighted by Gasteiger charge is 2.52. The van der Waals surface area contributed by atoms with Crippen molar-refractivity contribution in [1.29, 1.82) is 0 Å². The summed E-state index contributed by atoms with van der Waals surface area (Å²) in [5, 5.41) is 2.31. The lowest BCUT2D eigenvalue weighted by Crippen LogP contribution is -2.41. The lowest BCUT2D eigenvalue weighted by atomic mass is 9.60. The van der Waals surface area contributed by atoms with Gasteiger partial charge in [0.25, 0.3) is 5.78 Å². The Morgan fingerprint density at radius 3 is 2.53 bits per heavy atom. The fourth-order valence-corrected chi connectivity index (χ4v) is 3.96. The van der Waals surface area contributed by atoms with Gasteiger partial charge in [-0.1, -0.05) is 12.8 Å². The van der Waals surface area contributed by atoms with Crippen molar-refractivity contribution in [3.05, 3.63) is 22.2 Å². The molecular weight excluding hydrogens is 275 g/mol. The number of Topliss-reactive ketones (excluding diaryl/α,β-unsaturated/α-hetero) is 1. The molecule has 0 bridgehead atoms. The second kappa shape index (κ2) is 4.44. The summed E-state index contributed by atoms with van der Waals surface area (Å²) in [6.07, 6.45) is 0.272. The van der Waals surface area contributed by atoms with Crippen LogP contribution in [0.1, 0.15) is 30.7 Å². The summed E-state index contributed by atoms with van der Waals surface area (Å²) in [7, 11) is 0. The minimum Gasteiger partial charge on any atom is -0.284 e. The number of hydrogen-bond acceptors (Lipinski definition) is 3. The number of hydrogen-bond donors (Lipinski definition) is 0. The van der Waals surface area contributed by atoms with E-state index in [1.165, 1.54) is 11.3 Å². The van der Waals surface area contributed by atoms with Gasteiger partial charge in [0, 0.05) is 17.2 Å². The molecule has 0 aromatic carbocycles. The SMILES string of the molecule is O=C(C1=C(c2nccs2)C2CCCCC12)C(F)(F)F. The standard InChI is InChI=1S/C13H12F3NOS/c14-13(15,16)11(18)9-7-3-1-2-4-8(7)10(9)12-17-5-6-19-12/h5-8H,1-4H2. The lowest BCUT2D eigenvalue weighted by molar-refractivity contribution is -0.167. The second-order valence-corrected chi connectivity index (χ2v) is 5.88. The van der Waals surface area contributed by atoms with Crippen molar-refractivity contribution < 1.29 is 18.0 Å². The molecule has 1 aromatic heterocycles. The number of alkyl halides is 3. The molecule has 0 N–H and O–H groups in total. The topological polar surface area (TPSA) is 30.0 Å². The molecule has 2 aliphatic carbocycles. The van der Waals surface area contributed by atoms with Crippen LogP contribution in [0.4, 0.5) is 13.2 Å². The first kappa shape index (κ1) is 12.8. The van der Waals surface area contributed by atoms with Gasteiger partial charge in [0.1, 0.15) is 5.01 Å². The number of aromatic nitrogens is 1. The van der Waals surface area contributed by atoms with E-state index in [-0.39, 0.29) is 17.4 Å². The highest BCUT2D eigenvalue weighted by molar-refractivity contribution is 7.10. The maximum absolute atomic E-state index is 12.7. The zero-order chi connectivity index (χ0) is 13.6. The van der Waals surface area contributed by atoms with Crippen LogP contribution >= 0.6 is 11.3 Å². The van der Waals surface area contributed by atoms with Crippen LogP contribution < -0.4 is 0 Å². The Morgan fingerprint density at radius 1 is 1.26 bits per heavy atom. The largest absolute Gasteiger partial charge is 0.454 e. The van der Waals surface area contributed by atoms with E-state index in [1.54, 1.807) is 11.6 Å². The molecule has 19 heavy (non-hydrogen) atoms. The molecule has 2 aliphatic rings. The molecule has 0 aliphatic heterocycles. The molecule has 2 nitrogen and oxygen atoms in total. The van der Waals surface area contributed by atoms with Crippen LogP contribution in [0.15, 0.2) is 17.2 Å². The average Bonchev–Trinajstić information content (AvgIpc) is 2.83. The van der Waals surface area contributed by atoms with E-state index < -0.39 is 12.0 Å². The van der Waals surface area contributed by atoms with Crippen LogP contribution in [0.2, 0.25) is 0 Å². The van der Waals surface area contributed by atoms with Crippen molar-refractivity contribution in [1.82, 2.24) is 4.98 Å². The number of ketones is 1. The molecule has 102 valence electrons. The number of halogens is 3. The molecule has 1 fully saturated rings. The average molecular weight is 287 g/mol. The third-order valence-corrected chi connectivity index (χ3v) is 4.77. The predicted molar refractivity (Wildman–Crippen MR) is 65.5 cm³/mol. The van der Waals surface area contributed by atoms with Crippen LogP contribution in [0.25, 0.3) is 5.57 Å². The van der Waals surface area contributed by atoms with Gasteiger partial charge in [-0.15, -0.1) is 11.3 Å². The number of allylic oxidation sites excluding steroid dienone is 2. The zero-order valence-corrected chi connectivity index (χ0v) is 10.9. The van der Waals surface area contributed by atoms with Crippen molar-refractivity contribution in [2.24, 2.45) is 11.8 Å². The maximum atomic E-state index is 12.7. The number of carbonyl (C=O) groups excluding carboxylic acids is 1. The van der Waals surface area contributed by atoms with Gasteiger partial charge in [0.05, 0.1) is 0 Å². The van der Waals surface area contributed by atoms with Gasteiger partial charge >= 0.3 is 6.18 Å². The minimum absolute atomic E-state index is 0.0212. The summed E-state index contributed by atoms with van der Waals surface area (Å²) in [4.78, 5) is 15.7. The molecule has 0 amide bonds. The molecule has 2 atom stereocenters. The third kappa shape index (κ3) is 2.02. The van der Waals surface area contributed by atoms with E-state index >= 15 is 0 Å². The van der Waals surface area contributed by atoms with Crippen LogP contribution in [-0.2, 0) is 4.79 Å². The Balaban J connectivity index is 2.05. The Morgan fingerprint density at radius 2 is 1.95 bits per heavy atom. The first-order chi connectivity index (χ1) is 9.00. The second-order valence-electron chi connectivity index (χ2n) is 4.99. The summed E-state index contributed by atoms with van der Waals surface area (Å²) in [6, 6.07) is 0.